The average molecular weight is 401 g/mol. The lowest BCUT2D eigenvalue weighted by molar-refractivity contribution is 0.0845. The molecule has 1 aromatic heterocycles. The van der Waals surface area contributed by atoms with Gasteiger partial charge in [0.05, 0.1) is 11.1 Å². The number of hydrogen-bond acceptors (Lipinski definition) is 5. The number of nitrogens with zero attached hydrogens (tertiary/aromatic N) is 1. The van der Waals surface area contributed by atoms with Crippen molar-refractivity contribution in [2.45, 2.75) is 0 Å². The Morgan fingerprint density at radius 1 is 0.964 bits per heavy atom. The Kier molecular flexibility index (Phi) is 5.71. The third-order valence-corrected chi connectivity index (χ3v) is 3.87. The first-order valence-corrected chi connectivity index (χ1v) is 8.38. The fourth-order valence-electron chi connectivity index (χ4n) is 2.33. The molecule has 0 bridgehead atoms. The number of phenolic OH excluding ortho intramolecular Hbond substituents is 1. The maximum absolute atomic E-state index is 13.3. The first kappa shape index (κ1) is 19.1. The maximum atomic E-state index is 13.3. The number of halogens is 2. The van der Waals surface area contributed by atoms with Crippen molar-refractivity contribution in [3.05, 3.63) is 82.8 Å². The summed E-state index contributed by atoms with van der Waals surface area (Å²) in [7, 11) is 0. The number of rotatable bonds is 4. The summed E-state index contributed by atoms with van der Waals surface area (Å²) >= 11 is 5.81. The summed E-state index contributed by atoms with van der Waals surface area (Å²) in [6.07, 6.45) is 1.46. The van der Waals surface area contributed by atoms with Gasteiger partial charge in [0.1, 0.15) is 17.4 Å². The number of amides is 2. The van der Waals surface area contributed by atoms with Crippen molar-refractivity contribution in [2.24, 2.45) is 0 Å². The van der Waals surface area contributed by atoms with Crippen LogP contribution in [0.5, 0.6) is 5.75 Å². The van der Waals surface area contributed by atoms with Crippen molar-refractivity contribution >= 4 is 34.9 Å². The van der Waals surface area contributed by atoms with Gasteiger partial charge in [0, 0.05) is 16.9 Å². The minimum atomic E-state index is -0.753. The first-order valence-electron chi connectivity index (χ1n) is 8.01. The van der Waals surface area contributed by atoms with Crippen LogP contribution in [-0.4, -0.2) is 21.9 Å². The molecule has 0 aliphatic heterocycles. The first-order chi connectivity index (χ1) is 13.4. The summed E-state index contributed by atoms with van der Waals surface area (Å²) in [6, 6.07) is 12.6. The molecule has 0 spiro atoms. The Morgan fingerprint density at radius 2 is 1.71 bits per heavy atom. The van der Waals surface area contributed by atoms with Gasteiger partial charge in [0.25, 0.3) is 11.8 Å². The highest BCUT2D eigenvalue weighted by molar-refractivity contribution is 6.31. The number of hydrogen-bond donors (Lipinski definition) is 4. The van der Waals surface area contributed by atoms with E-state index in [1.165, 1.54) is 54.7 Å². The third-order valence-electron chi connectivity index (χ3n) is 3.63. The van der Waals surface area contributed by atoms with E-state index in [-0.39, 0.29) is 27.7 Å². The van der Waals surface area contributed by atoms with E-state index in [1.807, 2.05) is 0 Å². The Bertz CT molecular complexity index is 1050. The van der Waals surface area contributed by atoms with Crippen molar-refractivity contribution in [3.63, 3.8) is 0 Å². The highest BCUT2D eigenvalue weighted by atomic mass is 35.5. The molecule has 0 fully saturated rings. The minimum Gasteiger partial charge on any atom is -0.507 e. The predicted molar refractivity (Wildman–Crippen MR) is 102 cm³/mol. The smallest absolute Gasteiger partial charge is 0.273 e. The largest absolute Gasteiger partial charge is 0.507 e. The Labute approximate surface area is 164 Å². The van der Waals surface area contributed by atoms with Crippen LogP contribution in [0.25, 0.3) is 0 Å². The van der Waals surface area contributed by atoms with Crippen LogP contribution in [-0.2, 0) is 0 Å². The van der Waals surface area contributed by atoms with Crippen molar-refractivity contribution in [2.75, 3.05) is 5.32 Å². The molecule has 0 aliphatic carbocycles. The molecule has 0 saturated heterocycles. The molecule has 3 rings (SSSR count). The van der Waals surface area contributed by atoms with Crippen LogP contribution < -0.4 is 16.2 Å². The van der Waals surface area contributed by atoms with Crippen molar-refractivity contribution in [3.8, 4) is 5.75 Å². The highest BCUT2D eigenvalue weighted by Gasteiger charge is 2.16. The number of aromatic nitrogens is 1. The van der Waals surface area contributed by atoms with Gasteiger partial charge in [0.15, 0.2) is 0 Å². The Balaban J connectivity index is 1.72. The van der Waals surface area contributed by atoms with E-state index in [9.17, 15) is 19.1 Å². The van der Waals surface area contributed by atoms with E-state index >= 15 is 0 Å². The number of aromatic hydroxyl groups is 1. The molecule has 7 nitrogen and oxygen atoms in total. The van der Waals surface area contributed by atoms with Gasteiger partial charge < -0.3 is 10.4 Å². The molecule has 0 saturated carbocycles. The fraction of sp³-hybridized carbons (Fsp3) is 0. The third kappa shape index (κ3) is 4.54. The summed E-state index contributed by atoms with van der Waals surface area (Å²) in [5, 5.41) is 12.8. The van der Waals surface area contributed by atoms with Crippen LogP contribution in [0.2, 0.25) is 5.02 Å². The fourth-order valence-corrected chi connectivity index (χ4v) is 2.50. The standard InChI is InChI=1S/C19H14ClFN4O3/c20-11-6-7-16(26)15(9-11)19(28)25-24-18(27)14-5-2-8-22-17(14)23-13-4-1-3-12(21)10-13/h1-10,26H,(H,22,23)(H,24,27)(H,25,28). The molecule has 9 heteroatoms. The van der Waals surface area contributed by atoms with Crippen LogP contribution in [0.4, 0.5) is 15.9 Å². The molecule has 28 heavy (non-hydrogen) atoms. The Morgan fingerprint density at radius 3 is 2.46 bits per heavy atom. The lowest BCUT2D eigenvalue weighted by Crippen LogP contribution is -2.41. The van der Waals surface area contributed by atoms with Gasteiger partial charge in [-0.25, -0.2) is 9.37 Å². The molecule has 4 N–H and O–H groups in total. The Hall–Kier alpha value is -3.65. The molecule has 0 aliphatic rings. The van der Waals surface area contributed by atoms with Gasteiger partial charge in [-0.2, -0.15) is 0 Å². The van der Waals surface area contributed by atoms with E-state index in [0.717, 1.165) is 0 Å². The van der Waals surface area contributed by atoms with Gasteiger partial charge in [-0.15, -0.1) is 0 Å². The zero-order chi connectivity index (χ0) is 20.1. The topological polar surface area (TPSA) is 103 Å². The van der Waals surface area contributed by atoms with Crippen molar-refractivity contribution < 1.29 is 19.1 Å². The number of nitrogens with one attached hydrogen (secondary N) is 3. The second kappa shape index (κ2) is 8.36. The van der Waals surface area contributed by atoms with Crippen molar-refractivity contribution in [1.82, 2.24) is 15.8 Å². The molecular formula is C19H14ClFN4O3. The van der Waals surface area contributed by atoms with Crippen molar-refractivity contribution in [1.29, 1.82) is 0 Å². The second-order valence-corrected chi connectivity index (χ2v) is 6.04. The monoisotopic (exact) mass is 400 g/mol. The second-order valence-electron chi connectivity index (χ2n) is 5.60. The van der Waals surface area contributed by atoms with Crippen LogP contribution >= 0.6 is 11.6 Å². The van der Waals surface area contributed by atoms with Crippen LogP contribution in [0, 0.1) is 5.82 Å². The summed E-state index contributed by atoms with van der Waals surface area (Å²) in [4.78, 5) is 28.7. The lowest BCUT2D eigenvalue weighted by Gasteiger charge is -2.12. The molecule has 0 radical (unpaired) electrons. The zero-order valence-electron chi connectivity index (χ0n) is 14.2. The van der Waals surface area contributed by atoms with E-state index in [4.69, 9.17) is 11.6 Å². The number of anilines is 2. The number of carbonyl (C=O) groups is 2. The minimum absolute atomic E-state index is 0.0999. The molecule has 2 aromatic carbocycles. The van der Waals surface area contributed by atoms with Crippen LogP contribution in [0.1, 0.15) is 20.7 Å². The number of benzene rings is 2. The van der Waals surface area contributed by atoms with Gasteiger partial charge in [-0.1, -0.05) is 17.7 Å². The highest BCUT2D eigenvalue weighted by Crippen LogP contribution is 2.21. The molecule has 3 aromatic rings. The summed E-state index contributed by atoms with van der Waals surface area (Å²) in [6.45, 7) is 0. The predicted octanol–water partition coefficient (Wildman–Crippen LogP) is 3.40. The average Bonchev–Trinajstić information content (AvgIpc) is 2.68. The van der Waals surface area contributed by atoms with Crippen LogP contribution in [0.15, 0.2) is 60.8 Å². The van der Waals surface area contributed by atoms with Gasteiger partial charge in [-0.05, 0) is 48.5 Å². The number of pyridine rings is 1. The van der Waals surface area contributed by atoms with Gasteiger partial charge in [-0.3, -0.25) is 20.4 Å². The zero-order valence-corrected chi connectivity index (χ0v) is 15.0. The molecule has 142 valence electrons. The van der Waals surface area contributed by atoms with Gasteiger partial charge >= 0.3 is 0 Å². The van der Waals surface area contributed by atoms with E-state index < -0.39 is 17.6 Å². The van der Waals surface area contributed by atoms with E-state index in [1.54, 1.807) is 6.07 Å². The SMILES string of the molecule is O=C(NNC(=O)c1cccnc1Nc1cccc(F)c1)c1cc(Cl)ccc1O. The number of phenols is 1. The summed E-state index contributed by atoms with van der Waals surface area (Å²) < 4.78 is 13.3. The molecule has 1 heterocycles. The number of hydrazine groups is 1. The molecule has 0 atom stereocenters. The van der Waals surface area contributed by atoms with E-state index in [2.05, 4.69) is 21.2 Å². The van der Waals surface area contributed by atoms with E-state index in [0.29, 0.717) is 5.69 Å². The quantitative estimate of drug-likeness (QED) is 0.502. The molecule has 2 amide bonds. The summed E-state index contributed by atoms with van der Waals surface area (Å²) in [5.41, 5.74) is 4.84. The molecule has 0 unspecified atom stereocenters. The maximum Gasteiger partial charge on any atom is 0.273 e. The molecular weight excluding hydrogens is 387 g/mol. The lowest BCUT2D eigenvalue weighted by atomic mass is 10.2. The van der Waals surface area contributed by atoms with Gasteiger partial charge in [0.2, 0.25) is 0 Å². The number of carbonyl (C=O) groups excluding carboxylic acids is 2. The van der Waals surface area contributed by atoms with Crippen LogP contribution in [0.3, 0.4) is 0 Å². The summed E-state index contributed by atoms with van der Waals surface area (Å²) in [5.74, 6) is -1.98. The normalized spacial score (nSPS) is 10.2.